The monoisotopic (exact) mass is 368 g/mol. The van der Waals surface area contributed by atoms with Gasteiger partial charge in [-0.05, 0) is 37.6 Å². The van der Waals surface area contributed by atoms with Crippen LogP contribution in [0.15, 0.2) is 24.3 Å². The van der Waals surface area contributed by atoms with Gasteiger partial charge in [0, 0.05) is 17.3 Å². The number of aryl methyl sites for hydroxylation is 2. The molecule has 2 rings (SSSR count). The lowest BCUT2D eigenvalue weighted by Gasteiger charge is -2.02. The maximum Gasteiger partial charge on any atom is 0.338 e. The van der Waals surface area contributed by atoms with E-state index in [1.165, 1.54) is 6.92 Å². The van der Waals surface area contributed by atoms with Crippen LogP contribution in [0.5, 0.6) is 0 Å². The highest BCUT2D eigenvalue weighted by Gasteiger charge is 2.19. The summed E-state index contributed by atoms with van der Waals surface area (Å²) in [6, 6.07) is 3.78. The summed E-state index contributed by atoms with van der Waals surface area (Å²) >= 11 is 0. The zero-order valence-corrected chi connectivity index (χ0v) is 13.6. The SMILES string of the molecule is Cc1cc(F)c(C(=O)O)cc1N.Cc1cc(F)c(C(=O)O)cc1[N+](=O)[O-]. The minimum absolute atomic E-state index is 0.0949. The molecule has 0 radical (unpaired) electrons. The number of nitrogens with two attached hydrogens (primary N) is 1. The van der Waals surface area contributed by atoms with Crippen LogP contribution in [0.25, 0.3) is 0 Å². The van der Waals surface area contributed by atoms with Crippen LogP contribution >= 0.6 is 0 Å². The second-order valence-electron chi connectivity index (χ2n) is 5.17. The summed E-state index contributed by atoms with van der Waals surface area (Å²) in [6.45, 7) is 2.96. The zero-order valence-electron chi connectivity index (χ0n) is 13.6. The summed E-state index contributed by atoms with van der Waals surface area (Å²) < 4.78 is 25.8. The summed E-state index contributed by atoms with van der Waals surface area (Å²) in [6.07, 6.45) is 0. The Balaban J connectivity index is 0.000000263. The summed E-state index contributed by atoms with van der Waals surface area (Å²) in [5, 5.41) is 27.4. The van der Waals surface area contributed by atoms with Crippen molar-refractivity contribution >= 4 is 23.3 Å². The second kappa shape index (κ2) is 8.01. The van der Waals surface area contributed by atoms with Gasteiger partial charge in [0.25, 0.3) is 5.69 Å². The highest BCUT2D eigenvalue weighted by Crippen LogP contribution is 2.22. The fraction of sp³-hybridized carbons (Fsp3) is 0.125. The van der Waals surface area contributed by atoms with E-state index >= 15 is 0 Å². The van der Waals surface area contributed by atoms with Gasteiger partial charge < -0.3 is 15.9 Å². The van der Waals surface area contributed by atoms with Crippen molar-refractivity contribution in [1.82, 2.24) is 0 Å². The number of halogens is 2. The predicted molar refractivity (Wildman–Crippen MR) is 87.3 cm³/mol. The fourth-order valence-electron chi connectivity index (χ4n) is 1.88. The minimum atomic E-state index is -1.52. The Morgan fingerprint density at radius 3 is 1.81 bits per heavy atom. The molecule has 0 aliphatic rings. The number of anilines is 1. The van der Waals surface area contributed by atoms with Crippen molar-refractivity contribution in [1.29, 1.82) is 0 Å². The number of carboxylic acid groups (broad SMARTS) is 2. The highest BCUT2D eigenvalue weighted by molar-refractivity contribution is 5.89. The smallest absolute Gasteiger partial charge is 0.338 e. The number of carboxylic acids is 2. The van der Waals surface area contributed by atoms with Gasteiger partial charge in [0.2, 0.25) is 0 Å². The van der Waals surface area contributed by atoms with E-state index in [2.05, 4.69) is 0 Å². The number of rotatable bonds is 3. The molecule has 0 spiro atoms. The Morgan fingerprint density at radius 1 is 0.962 bits per heavy atom. The normalized spacial score (nSPS) is 9.85. The van der Waals surface area contributed by atoms with E-state index in [1.807, 2.05) is 0 Å². The van der Waals surface area contributed by atoms with Gasteiger partial charge in [0.1, 0.15) is 17.2 Å². The Morgan fingerprint density at radius 2 is 1.38 bits per heavy atom. The summed E-state index contributed by atoms with van der Waals surface area (Å²) in [5.74, 6) is -4.56. The van der Waals surface area contributed by atoms with Gasteiger partial charge in [0.15, 0.2) is 0 Å². The lowest BCUT2D eigenvalue weighted by molar-refractivity contribution is -0.385. The predicted octanol–water partition coefficient (Wildman–Crippen LogP) is 3.16. The molecule has 0 saturated carbocycles. The Bertz CT molecular complexity index is 864. The minimum Gasteiger partial charge on any atom is -0.478 e. The average Bonchev–Trinajstić information content (AvgIpc) is 2.50. The first-order valence-corrected chi connectivity index (χ1v) is 6.92. The van der Waals surface area contributed by atoms with E-state index in [0.717, 1.165) is 18.2 Å². The first kappa shape index (κ1) is 20.5. The first-order chi connectivity index (χ1) is 12.0. The number of hydrogen-bond acceptors (Lipinski definition) is 5. The molecule has 26 heavy (non-hydrogen) atoms. The van der Waals surface area contributed by atoms with Crippen molar-refractivity contribution < 1.29 is 33.5 Å². The molecule has 138 valence electrons. The van der Waals surface area contributed by atoms with E-state index in [0.29, 0.717) is 11.6 Å². The third kappa shape index (κ3) is 4.72. The largest absolute Gasteiger partial charge is 0.478 e. The van der Waals surface area contributed by atoms with Crippen molar-refractivity contribution in [3.8, 4) is 0 Å². The van der Waals surface area contributed by atoms with Crippen LogP contribution < -0.4 is 5.73 Å². The molecule has 0 aliphatic carbocycles. The lowest BCUT2D eigenvalue weighted by atomic mass is 10.1. The Hall–Kier alpha value is -3.56. The third-order valence-electron chi connectivity index (χ3n) is 3.30. The van der Waals surface area contributed by atoms with E-state index in [4.69, 9.17) is 15.9 Å². The highest BCUT2D eigenvalue weighted by atomic mass is 19.1. The average molecular weight is 368 g/mol. The summed E-state index contributed by atoms with van der Waals surface area (Å²) in [5.41, 5.74) is 4.84. The Kier molecular flexibility index (Phi) is 6.31. The second-order valence-corrected chi connectivity index (χ2v) is 5.17. The molecule has 2 aromatic rings. The maximum atomic E-state index is 12.9. The van der Waals surface area contributed by atoms with Crippen LogP contribution in [0, 0.1) is 35.6 Å². The molecular weight excluding hydrogens is 354 g/mol. The lowest BCUT2D eigenvalue weighted by Crippen LogP contribution is -2.03. The molecule has 0 aliphatic heterocycles. The molecule has 2 aromatic carbocycles. The molecule has 0 bridgehead atoms. The van der Waals surface area contributed by atoms with Crippen molar-refractivity contribution in [2.45, 2.75) is 13.8 Å². The number of nitro groups is 1. The molecule has 4 N–H and O–H groups in total. The van der Waals surface area contributed by atoms with Crippen LogP contribution in [0.2, 0.25) is 0 Å². The molecule has 0 atom stereocenters. The molecule has 0 aromatic heterocycles. The van der Waals surface area contributed by atoms with E-state index in [1.54, 1.807) is 6.92 Å². The number of benzene rings is 2. The van der Waals surface area contributed by atoms with Crippen molar-refractivity contribution in [3.63, 3.8) is 0 Å². The van der Waals surface area contributed by atoms with E-state index in [-0.39, 0.29) is 11.3 Å². The molecule has 0 amide bonds. The topological polar surface area (TPSA) is 144 Å². The first-order valence-electron chi connectivity index (χ1n) is 6.92. The van der Waals surface area contributed by atoms with Crippen molar-refractivity contribution in [3.05, 3.63) is 68.3 Å². The standard InChI is InChI=1S/C8H6FNO4.C8H8FNO2/c1-4-2-6(9)5(8(11)12)3-7(4)10(13)14;1-4-2-6(9)5(8(11)12)3-7(4)10/h2-3H,1H3,(H,11,12);2-3H,10H2,1H3,(H,11,12). The third-order valence-corrected chi connectivity index (χ3v) is 3.30. The van der Waals surface area contributed by atoms with Gasteiger partial charge in [-0.25, -0.2) is 18.4 Å². The van der Waals surface area contributed by atoms with Crippen molar-refractivity contribution in [2.75, 3.05) is 5.73 Å². The van der Waals surface area contributed by atoms with Gasteiger partial charge in [-0.2, -0.15) is 0 Å². The zero-order chi connectivity index (χ0) is 20.2. The molecule has 8 nitrogen and oxygen atoms in total. The van der Waals surface area contributed by atoms with Gasteiger partial charge in [0.05, 0.1) is 10.5 Å². The van der Waals surface area contributed by atoms with Crippen molar-refractivity contribution in [2.24, 2.45) is 0 Å². The van der Waals surface area contributed by atoms with Gasteiger partial charge >= 0.3 is 11.9 Å². The van der Waals surface area contributed by atoms with Gasteiger partial charge in [-0.1, -0.05) is 0 Å². The van der Waals surface area contributed by atoms with Crippen LogP contribution in [-0.2, 0) is 0 Å². The molecule has 0 heterocycles. The van der Waals surface area contributed by atoms with Crippen LogP contribution in [0.3, 0.4) is 0 Å². The molecule has 0 unspecified atom stereocenters. The molecule has 0 fully saturated rings. The van der Waals surface area contributed by atoms with Gasteiger partial charge in [-0.15, -0.1) is 0 Å². The number of nitrogen functional groups attached to an aromatic ring is 1. The van der Waals surface area contributed by atoms with Crippen LogP contribution in [0.1, 0.15) is 31.8 Å². The van der Waals surface area contributed by atoms with Crippen LogP contribution in [0.4, 0.5) is 20.2 Å². The molecular formula is C16H14F2N2O6. The van der Waals surface area contributed by atoms with Crippen LogP contribution in [-0.4, -0.2) is 27.1 Å². The number of nitrogens with zero attached hydrogens (tertiary/aromatic N) is 1. The molecule has 10 heteroatoms. The maximum absolute atomic E-state index is 12.9. The number of nitro benzene ring substituents is 1. The number of hydrogen-bond donors (Lipinski definition) is 3. The summed E-state index contributed by atoms with van der Waals surface area (Å²) in [4.78, 5) is 30.5. The van der Waals surface area contributed by atoms with E-state index < -0.39 is 45.3 Å². The van der Waals surface area contributed by atoms with Gasteiger partial charge in [-0.3, -0.25) is 10.1 Å². The number of aromatic carboxylic acids is 2. The fourth-order valence-corrected chi connectivity index (χ4v) is 1.88. The molecule has 0 saturated heterocycles. The number of carbonyl (C=O) groups is 2. The Labute approximate surface area is 145 Å². The summed E-state index contributed by atoms with van der Waals surface area (Å²) in [7, 11) is 0. The quantitative estimate of drug-likeness (QED) is 0.429. The van der Waals surface area contributed by atoms with E-state index in [9.17, 15) is 28.5 Å².